The molecule has 1 aliphatic heterocycles. The van der Waals surface area contributed by atoms with E-state index in [1.165, 1.54) is 6.07 Å². The maximum absolute atomic E-state index is 12.8. The van der Waals surface area contributed by atoms with Crippen LogP contribution in [-0.2, 0) is 17.4 Å². The van der Waals surface area contributed by atoms with Crippen LogP contribution >= 0.6 is 11.6 Å². The van der Waals surface area contributed by atoms with Gasteiger partial charge in [0.2, 0.25) is 5.56 Å². The van der Waals surface area contributed by atoms with E-state index in [0.717, 1.165) is 31.5 Å². The van der Waals surface area contributed by atoms with E-state index < -0.39 is 11.0 Å². The van der Waals surface area contributed by atoms with Crippen molar-refractivity contribution in [1.82, 2.24) is 14.6 Å². The number of aromatic nitrogens is 1. The molecule has 4 rings (SSSR count). The van der Waals surface area contributed by atoms with Crippen LogP contribution in [0.1, 0.15) is 28.8 Å². The number of carbonyl (C=O) groups is 1. The fourth-order valence-corrected chi connectivity index (χ4v) is 5.02. The summed E-state index contributed by atoms with van der Waals surface area (Å²) in [5.41, 5.74) is 1.54. The standard InChI is InChI=1S/C22H22ClN3O3S/c23-16-5-3-15(4-6-16)9-10-24-22(28)19-14-21(27)25-20-8-7-17(13-18(19)20)30(29)26-11-1-2-12-26/h3-8,13-14H,1-2,9-12H2,(H,24,28)(H,25,27). The zero-order chi connectivity index (χ0) is 21.1. The molecule has 1 amide bonds. The SMILES string of the molecule is O=C(NCCc1ccc(Cl)cc1)c1cc(=O)[nH]c2ccc(S(=O)N3CCCC3)cc12. The number of hydrogen-bond donors (Lipinski definition) is 2. The molecule has 0 radical (unpaired) electrons. The summed E-state index contributed by atoms with van der Waals surface area (Å²) in [6.07, 6.45) is 2.72. The van der Waals surface area contributed by atoms with Gasteiger partial charge in [-0.2, -0.15) is 0 Å². The first kappa shape index (κ1) is 20.8. The van der Waals surface area contributed by atoms with Gasteiger partial charge in [0.15, 0.2) is 0 Å². The molecule has 0 aliphatic carbocycles. The molecule has 2 N–H and O–H groups in total. The van der Waals surface area contributed by atoms with E-state index in [9.17, 15) is 13.8 Å². The Morgan fingerprint density at radius 2 is 1.83 bits per heavy atom. The molecule has 6 nitrogen and oxygen atoms in total. The van der Waals surface area contributed by atoms with E-state index in [4.69, 9.17) is 11.6 Å². The number of aromatic amines is 1. The zero-order valence-electron chi connectivity index (χ0n) is 16.3. The first-order chi connectivity index (χ1) is 14.5. The van der Waals surface area contributed by atoms with Gasteiger partial charge in [-0.1, -0.05) is 23.7 Å². The van der Waals surface area contributed by atoms with Crippen LogP contribution < -0.4 is 10.9 Å². The molecule has 3 aromatic rings. The number of halogens is 1. The Morgan fingerprint density at radius 3 is 2.57 bits per heavy atom. The van der Waals surface area contributed by atoms with Crippen molar-refractivity contribution < 1.29 is 9.00 Å². The molecule has 0 saturated carbocycles. The second-order valence-electron chi connectivity index (χ2n) is 7.27. The third-order valence-electron chi connectivity index (χ3n) is 5.17. The van der Waals surface area contributed by atoms with Crippen molar-refractivity contribution in [2.75, 3.05) is 19.6 Å². The van der Waals surface area contributed by atoms with Gasteiger partial charge in [0.25, 0.3) is 5.91 Å². The average Bonchev–Trinajstić information content (AvgIpc) is 3.28. The first-order valence-corrected chi connectivity index (χ1v) is 11.4. The lowest BCUT2D eigenvalue weighted by Crippen LogP contribution is -2.27. The molecule has 1 unspecified atom stereocenters. The Balaban J connectivity index is 1.56. The van der Waals surface area contributed by atoms with Gasteiger partial charge in [0.1, 0.15) is 11.0 Å². The van der Waals surface area contributed by atoms with E-state index in [1.807, 2.05) is 28.6 Å². The van der Waals surface area contributed by atoms with Crippen molar-refractivity contribution in [1.29, 1.82) is 0 Å². The summed E-state index contributed by atoms with van der Waals surface area (Å²) in [7, 11) is -1.28. The molecule has 1 saturated heterocycles. The molecule has 2 aromatic carbocycles. The van der Waals surface area contributed by atoms with E-state index in [-0.39, 0.29) is 17.0 Å². The van der Waals surface area contributed by atoms with Crippen LogP contribution in [0.2, 0.25) is 5.02 Å². The molecule has 1 atom stereocenters. The lowest BCUT2D eigenvalue weighted by Gasteiger charge is -2.15. The highest BCUT2D eigenvalue weighted by atomic mass is 35.5. The molecule has 0 spiro atoms. The van der Waals surface area contributed by atoms with Crippen LogP contribution in [0, 0.1) is 0 Å². The zero-order valence-corrected chi connectivity index (χ0v) is 17.9. The van der Waals surface area contributed by atoms with Crippen molar-refractivity contribution in [2.45, 2.75) is 24.2 Å². The van der Waals surface area contributed by atoms with E-state index >= 15 is 0 Å². The van der Waals surface area contributed by atoms with Gasteiger partial charge in [-0.3, -0.25) is 9.59 Å². The smallest absolute Gasteiger partial charge is 0.252 e. The highest BCUT2D eigenvalue weighted by molar-refractivity contribution is 7.82. The van der Waals surface area contributed by atoms with E-state index in [0.29, 0.717) is 33.8 Å². The third kappa shape index (κ3) is 4.64. The fourth-order valence-electron chi connectivity index (χ4n) is 3.60. The quantitative estimate of drug-likeness (QED) is 0.613. The molecular formula is C22H22ClN3O3S. The summed E-state index contributed by atoms with van der Waals surface area (Å²) in [5, 5.41) is 4.13. The number of nitrogens with zero attached hydrogens (tertiary/aromatic N) is 1. The van der Waals surface area contributed by atoms with Gasteiger partial charge in [-0.05, 0) is 55.2 Å². The minimum atomic E-state index is -1.28. The summed E-state index contributed by atoms with van der Waals surface area (Å²) in [6.45, 7) is 2.02. The second-order valence-corrected chi connectivity index (χ2v) is 9.19. The van der Waals surface area contributed by atoms with Crippen LogP contribution in [0.25, 0.3) is 10.9 Å². The summed E-state index contributed by atoms with van der Waals surface area (Å²) in [6, 6.07) is 13.9. The summed E-state index contributed by atoms with van der Waals surface area (Å²) in [5.74, 6) is -0.329. The topological polar surface area (TPSA) is 82.3 Å². The van der Waals surface area contributed by atoms with Crippen molar-refractivity contribution in [2.24, 2.45) is 0 Å². The molecule has 30 heavy (non-hydrogen) atoms. The number of H-pyrrole nitrogens is 1. The Labute approximate surface area is 181 Å². The number of fused-ring (bicyclic) bond motifs is 1. The molecule has 1 aromatic heterocycles. The van der Waals surface area contributed by atoms with Gasteiger partial charge in [0.05, 0.1) is 10.5 Å². The highest BCUT2D eigenvalue weighted by Crippen LogP contribution is 2.23. The maximum atomic E-state index is 12.8. The first-order valence-electron chi connectivity index (χ1n) is 9.88. The Hall–Kier alpha value is -2.48. The van der Waals surface area contributed by atoms with Gasteiger partial charge < -0.3 is 10.3 Å². The number of amides is 1. The number of benzene rings is 2. The predicted octanol–water partition coefficient (Wildman–Crippen LogP) is 3.27. The van der Waals surface area contributed by atoms with Crippen LogP contribution in [0.4, 0.5) is 0 Å². The molecule has 0 bridgehead atoms. The molecule has 8 heteroatoms. The number of hydrogen-bond acceptors (Lipinski definition) is 3. The van der Waals surface area contributed by atoms with E-state index in [2.05, 4.69) is 10.3 Å². The Morgan fingerprint density at radius 1 is 1.10 bits per heavy atom. The van der Waals surface area contributed by atoms with Gasteiger partial charge in [0, 0.05) is 41.6 Å². The summed E-state index contributed by atoms with van der Waals surface area (Å²) in [4.78, 5) is 28.2. The second kappa shape index (κ2) is 9.12. The molecule has 1 fully saturated rings. The average molecular weight is 444 g/mol. The monoisotopic (exact) mass is 443 g/mol. The largest absolute Gasteiger partial charge is 0.352 e. The normalized spacial score (nSPS) is 15.4. The van der Waals surface area contributed by atoms with Crippen LogP contribution in [0.15, 0.2) is 58.2 Å². The lowest BCUT2D eigenvalue weighted by molar-refractivity contribution is 0.0955. The number of rotatable bonds is 6. The van der Waals surface area contributed by atoms with Crippen LogP contribution in [0.3, 0.4) is 0 Å². The maximum Gasteiger partial charge on any atom is 0.252 e. The molecular weight excluding hydrogens is 422 g/mol. The fraction of sp³-hybridized carbons (Fsp3) is 0.273. The number of carbonyl (C=O) groups excluding carboxylic acids is 1. The third-order valence-corrected chi connectivity index (χ3v) is 6.92. The van der Waals surface area contributed by atoms with Gasteiger partial charge in [-0.15, -0.1) is 0 Å². The molecule has 2 heterocycles. The Bertz CT molecular complexity index is 1150. The minimum absolute atomic E-state index is 0.283. The van der Waals surface area contributed by atoms with Crippen molar-refractivity contribution in [3.05, 3.63) is 75.0 Å². The van der Waals surface area contributed by atoms with Gasteiger partial charge >= 0.3 is 0 Å². The predicted molar refractivity (Wildman–Crippen MR) is 119 cm³/mol. The molecule has 156 valence electrons. The highest BCUT2D eigenvalue weighted by Gasteiger charge is 2.20. The van der Waals surface area contributed by atoms with Crippen LogP contribution in [0.5, 0.6) is 0 Å². The summed E-state index contributed by atoms with van der Waals surface area (Å²) < 4.78 is 14.8. The minimum Gasteiger partial charge on any atom is -0.352 e. The summed E-state index contributed by atoms with van der Waals surface area (Å²) >= 11 is 5.90. The van der Waals surface area contributed by atoms with E-state index in [1.54, 1.807) is 18.2 Å². The Kier molecular flexibility index (Phi) is 6.32. The lowest BCUT2D eigenvalue weighted by atomic mass is 10.1. The van der Waals surface area contributed by atoms with Crippen LogP contribution in [-0.4, -0.2) is 39.0 Å². The van der Waals surface area contributed by atoms with Crippen molar-refractivity contribution in [3.63, 3.8) is 0 Å². The number of nitrogens with one attached hydrogen (secondary N) is 2. The van der Waals surface area contributed by atoms with Crippen molar-refractivity contribution in [3.8, 4) is 0 Å². The van der Waals surface area contributed by atoms with Crippen molar-refractivity contribution >= 4 is 39.4 Å². The molecule has 1 aliphatic rings. The van der Waals surface area contributed by atoms with Gasteiger partial charge in [-0.25, -0.2) is 8.51 Å². The number of pyridine rings is 1.